The summed E-state index contributed by atoms with van der Waals surface area (Å²) < 4.78 is 28.8. The number of hydrogen-bond acceptors (Lipinski definition) is 5. The molecule has 1 saturated heterocycles. The lowest BCUT2D eigenvalue weighted by Crippen LogP contribution is -2.47. The van der Waals surface area contributed by atoms with E-state index in [1.807, 2.05) is 6.92 Å². The van der Waals surface area contributed by atoms with Crippen molar-refractivity contribution in [1.82, 2.24) is 10.2 Å². The van der Waals surface area contributed by atoms with Crippen molar-refractivity contribution in [2.45, 2.75) is 17.9 Å². The molecular weight excluding hydrogens is 304 g/mol. The number of hydrogen-bond donors (Lipinski definition) is 1. The van der Waals surface area contributed by atoms with Gasteiger partial charge in [-0.15, -0.1) is 0 Å². The molecule has 22 heavy (non-hydrogen) atoms. The standard InChI is InChI=1S/C15H22N2O4S/c1-12(17-7-9-21-10-8-17)11-16-15(18)13-5-3-4-6-14(13)22(2,19)20/h3-6,12H,7-11H2,1-2H3,(H,16,18). The van der Waals surface area contributed by atoms with Crippen LogP contribution >= 0.6 is 0 Å². The van der Waals surface area contributed by atoms with Gasteiger partial charge in [-0.05, 0) is 19.1 Å². The van der Waals surface area contributed by atoms with Gasteiger partial charge in [0, 0.05) is 31.9 Å². The Morgan fingerprint density at radius 2 is 1.95 bits per heavy atom. The van der Waals surface area contributed by atoms with Crippen molar-refractivity contribution < 1.29 is 17.9 Å². The van der Waals surface area contributed by atoms with E-state index in [4.69, 9.17) is 4.74 Å². The van der Waals surface area contributed by atoms with Gasteiger partial charge in [-0.1, -0.05) is 12.1 Å². The molecule has 7 heteroatoms. The van der Waals surface area contributed by atoms with Crippen LogP contribution in [0.1, 0.15) is 17.3 Å². The zero-order valence-corrected chi connectivity index (χ0v) is 13.7. The maximum absolute atomic E-state index is 12.3. The average molecular weight is 326 g/mol. The lowest BCUT2D eigenvalue weighted by Gasteiger charge is -2.32. The molecule has 1 aromatic carbocycles. The summed E-state index contributed by atoms with van der Waals surface area (Å²) in [6.45, 7) is 5.60. The van der Waals surface area contributed by atoms with Crippen molar-refractivity contribution in [2.24, 2.45) is 0 Å². The molecular formula is C15H22N2O4S. The largest absolute Gasteiger partial charge is 0.379 e. The van der Waals surface area contributed by atoms with Gasteiger partial charge in [-0.25, -0.2) is 8.42 Å². The fourth-order valence-electron chi connectivity index (χ4n) is 2.46. The van der Waals surface area contributed by atoms with Gasteiger partial charge in [-0.2, -0.15) is 0 Å². The molecule has 1 aliphatic rings. The minimum atomic E-state index is -3.43. The lowest BCUT2D eigenvalue weighted by atomic mass is 10.2. The van der Waals surface area contributed by atoms with Crippen molar-refractivity contribution in [3.8, 4) is 0 Å². The van der Waals surface area contributed by atoms with Crippen LogP contribution in [0.5, 0.6) is 0 Å². The summed E-state index contributed by atoms with van der Waals surface area (Å²) in [4.78, 5) is 14.6. The van der Waals surface area contributed by atoms with E-state index in [1.165, 1.54) is 12.1 Å². The summed E-state index contributed by atoms with van der Waals surface area (Å²) in [6.07, 6.45) is 1.11. The Balaban J connectivity index is 2.01. The Morgan fingerprint density at radius 3 is 2.59 bits per heavy atom. The summed E-state index contributed by atoms with van der Waals surface area (Å²) >= 11 is 0. The summed E-state index contributed by atoms with van der Waals surface area (Å²) in [5, 5.41) is 2.82. The first-order valence-corrected chi connectivity index (χ1v) is 9.18. The maximum atomic E-state index is 12.3. The molecule has 6 nitrogen and oxygen atoms in total. The highest BCUT2D eigenvalue weighted by Crippen LogP contribution is 2.15. The quantitative estimate of drug-likeness (QED) is 0.855. The second-order valence-electron chi connectivity index (χ2n) is 5.48. The predicted octanol–water partition coefficient (Wildman–Crippen LogP) is 0.541. The van der Waals surface area contributed by atoms with Crippen molar-refractivity contribution in [1.29, 1.82) is 0 Å². The Bertz CT molecular complexity index is 624. The van der Waals surface area contributed by atoms with Crippen LogP contribution in [0.2, 0.25) is 0 Å². The summed E-state index contributed by atoms with van der Waals surface area (Å²) in [5.41, 5.74) is 0.194. The van der Waals surface area contributed by atoms with Crippen LogP contribution in [-0.4, -0.2) is 64.4 Å². The molecule has 0 aliphatic carbocycles. The van der Waals surface area contributed by atoms with E-state index in [0.29, 0.717) is 19.8 Å². The highest BCUT2D eigenvalue weighted by molar-refractivity contribution is 7.90. The van der Waals surface area contributed by atoms with Crippen molar-refractivity contribution in [2.75, 3.05) is 39.1 Å². The third-order valence-corrected chi connectivity index (χ3v) is 4.91. The Morgan fingerprint density at radius 1 is 1.32 bits per heavy atom. The first-order chi connectivity index (χ1) is 10.4. The molecule has 2 rings (SSSR count). The zero-order valence-electron chi connectivity index (χ0n) is 12.9. The molecule has 1 aromatic rings. The fourth-order valence-corrected chi connectivity index (χ4v) is 3.35. The fraction of sp³-hybridized carbons (Fsp3) is 0.533. The van der Waals surface area contributed by atoms with E-state index in [1.54, 1.807) is 12.1 Å². The van der Waals surface area contributed by atoms with E-state index >= 15 is 0 Å². The van der Waals surface area contributed by atoms with E-state index in [2.05, 4.69) is 10.2 Å². The SMILES string of the molecule is CC(CNC(=O)c1ccccc1S(C)(=O)=O)N1CCOCC1. The molecule has 1 fully saturated rings. The number of nitrogens with one attached hydrogen (secondary N) is 1. The minimum absolute atomic E-state index is 0.0616. The number of amides is 1. The summed E-state index contributed by atoms with van der Waals surface area (Å²) in [6, 6.07) is 6.44. The Labute approximate surface area is 131 Å². The smallest absolute Gasteiger partial charge is 0.252 e. The molecule has 1 aliphatic heterocycles. The van der Waals surface area contributed by atoms with Gasteiger partial charge in [0.25, 0.3) is 5.91 Å². The topological polar surface area (TPSA) is 75.7 Å². The van der Waals surface area contributed by atoms with Crippen molar-refractivity contribution >= 4 is 15.7 Å². The monoisotopic (exact) mass is 326 g/mol. The number of sulfone groups is 1. The van der Waals surface area contributed by atoms with Gasteiger partial charge >= 0.3 is 0 Å². The second kappa shape index (κ2) is 7.21. The van der Waals surface area contributed by atoms with Crippen LogP contribution in [-0.2, 0) is 14.6 Å². The van der Waals surface area contributed by atoms with Crippen LogP contribution in [0.4, 0.5) is 0 Å². The lowest BCUT2D eigenvalue weighted by molar-refractivity contribution is 0.0204. The van der Waals surface area contributed by atoms with Gasteiger partial charge in [-0.3, -0.25) is 9.69 Å². The highest BCUT2D eigenvalue weighted by atomic mass is 32.2. The summed E-state index contributed by atoms with van der Waals surface area (Å²) in [5.74, 6) is -0.360. The number of ether oxygens (including phenoxy) is 1. The van der Waals surface area contributed by atoms with Crippen LogP contribution in [0.15, 0.2) is 29.2 Å². The molecule has 1 unspecified atom stereocenters. The van der Waals surface area contributed by atoms with Crippen molar-refractivity contribution in [3.05, 3.63) is 29.8 Å². The van der Waals surface area contributed by atoms with Crippen molar-refractivity contribution in [3.63, 3.8) is 0 Å². The third kappa shape index (κ3) is 4.28. The number of carbonyl (C=O) groups is 1. The predicted molar refractivity (Wildman–Crippen MR) is 83.7 cm³/mol. The molecule has 1 atom stereocenters. The van der Waals surface area contributed by atoms with Gasteiger partial charge < -0.3 is 10.1 Å². The van der Waals surface area contributed by atoms with Gasteiger partial charge in [0.1, 0.15) is 0 Å². The highest BCUT2D eigenvalue weighted by Gasteiger charge is 2.20. The van der Waals surface area contributed by atoms with Gasteiger partial charge in [0.05, 0.1) is 23.7 Å². The first kappa shape index (κ1) is 16.9. The molecule has 1 amide bonds. The molecule has 122 valence electrons. The Kier molecular flexibility index (Phi) is 5.55. The van der Waals surface area contributed by atoms with Gasteiger partial charge in [0.15, 0.2) is 9.84 Å². The minimum Gasteiger partial charge on any atom is -0.379 e. The first-order valence-electron chi connectivity index (χ1n) is 7.28. The molecule has 1 N–H and O–H groups in total. The third-order valence-electron chi connectivity index (χ3n) is 3.76. The van der Waals surface area contributed by atoms with Gasteiger partial charge in [0.2, 0.25) is 0 Å². The second-order valence-corrected chi connectivity index (χ2v) is 7.46. The molecule has 0 radical (unpaired) electrons. The molecule has 0 bridgehead atoms. The van der Waals surface area contributed by atoms with Crippen LogP contribution in [0, 0.1) is 0 Å². The molecule has 0 spiro atoms. The zero-order chi connectivity index (χ0) is 16.2. The average Bonchev–Trinajstić information content (AvgIpc) is 2.52. The number of benzene rings is 1. The van der Waals surface area contributed by atoms with Crippen LogP contribution < -0.4 is 5.32 Å². The normalized spacial score (nSPS) is 17.9. The maximum Gasteiger partial charge on any atom is 0.252 e. The van der Waals surface area contributed by atoms with Crippen LogP contribution in [0.25, 0.3) is 0 Å². The number of rotatable bonds is 5. The molecule has 0 saturated carbocycles. The summed E-state index contributed by atoms with van der Waals surface area (Å²) in [7, 11) is -3.43. The van der Waals surface area contributed by atoms with E-state index in [9.17, 15) is 13.2 Å². The van der Waals surface area contributed by atoms with Crippen LogP contribution in [0.3, 0.4) is 0 Å². The van der Waals surface area contributed by atoms with E-state index in [-0.39, 0.29) is 22.4 Å². The number of carbonyl (C=O) groups excluding carboxylic acids is 1. The van der Waals surface area contributed by atoms with E-state index < -0.39 is 9.84 Å². The van der Waals surface area contributed by atoms with E-state index in [0.717, 1.165) is 19.3 Å². The molecule has 1 heterocycles. The molecule has 0 aromatic heterocycles. The Hall–Kier alpha value is -1.44. The number of morpholine rings is 1. The number of nitrogens with zero attached hydrogens (tertiary/aromatic N) is 1.